The molecule has 1 aromatic carbocycles. The van der Waals surface area contributed by atoms with Crippen LogP contribution in [0.4, 0.5) is 13.2 Å². The van der Waals surface area contributed by atoms with Gasteiger partial charge in [-0.1, -0.05) is 23.7 Å². The molecular formula is C24H20ClF3N6O2. The Balaban J connectivity index is 1.46. The normalized spacial score (nSPS) is 12.0. The zero-order valence-corrected chi connectivity index (χ0v) is 19.8. The van der Waals surface area contributed by atoms with Gasteiger partial charge >= 0.3 is 12.1 Å². The lowest BCUT2D eigenvalue weighted by atomic mass is 10.2. The largest absolute Gasteiger partial charge is 0.490 e. The lowest BCUT2D eigenvalue weighted by Gasteiger charge is -2.10. The molecule has 8 nitrogen and oxygen atoms in total. The summed E-state index contributed by atoms with van der Waals surface area (Å²) >= 11 is 6.21. The van der Waals surface area contributed by atoms with Crippen molar-refractivity contribution in [3.05, 3.63) is 71.1 Å². The van der Waals surface area contributed by atoms with Crippen molar-refractivity contribution in [3.63, 3.8) is 0 Å². The van der Waals surface area contributed by atoms with Crippen LogP contribution in [-0.2, 0) is 22.6 Å². The van der Waals surface area contributed by atoms with Crippen LogP contribution in [0, 0.1) is 6.92 Å². The van der Waals surface area contributed by atoms with Gasteiger partial charge < -0.3 is 9.30 Å². The van der Waals surface area contributed by atoms with Gasteiger partial charge in [0.15, 0.2) is 5.65 Å². The highest BCUT2D eigenvalue weighted by Gasteiger charge is 2.40. The van der Waals surface area contributed by atoms with Crippen LogP contribution in [-0.4, -0.2) is 47.7 Å². The monoisotopic (exact) mass is 516 g/mol. The van der Waals surface area contributed by atoms with Crippen molar-refractivity contribution in [2.24, 2.45) is 0 Å². The lowest BCUT2D eigenvalue weighted by Crippen LogP contribution is -2.26. The molecule has 0 saturated heterocycles. The molecule has 186 valence electrons. The number of hydrogen-bond acceptors (Lipinski definition) is 5. The van der Waals surface area contributed by atoms with Crippen LogP contribution in [0.2, 0.25) is 5.02 Å². The van der Waals surface area contributed by atoms with E-state index in [2.05, 4.69) is 24.6 Å². The summed E-state index contributed by atoms with van der Waals surface area (Å²) in [7, 11) is 0. The number of aromatic nitrogens is 6. The van der Waals surface area contributed by atoms with Crippen molar-refractivity contribution in [2.45, 2.75) is 32.6 Å². The SMILES string of the molecule is Cc1nnc2ccc3c(cc(-c4ccn(CCCOC(=O)C(F)(F)F)n4)n3Cc3cccc(Cl)c3)n12. The quantitative estimate of drug-likeness (QED) is 0.223. The second-order valence-corrected chi connectivity index (χ2v) is 8.68. The number of carbonyl (C=O) groups is 1. The maximum atomic E-state index is 12.3. The number of pyridine rings is 1. The molecule has 0 bridgehead atoms. The third kappa shape index (κ3) is 4.66. The van der Waals surface area contributed by atoms with Gasteiger partial charge in [-0.05, 0) is 48.9 Å². The molecule has 0 atom stereocenters. The molecule has 4 heterocycles. The number of alkyl halides is 3. The van der Waals surface area contributed by atoms with Crippen molar-refractivity contribution < 1.29 is 22.7 Å². The zero-order valence-electron chi connectivity index (χ0n) is 19.0. The maximum absolute atomic E-state index is 12.3. The highest BCUT2D eigenvalue weighted by atomic mass is 35.5. The number of ether oxygens (including phenoxy) is 1. The van der Waals surface area contributed by atoms with E-state index >= 15 is 0 Å². The Bertz CT molecular complexity index is 1570. The Morgan fingerprint density at radius 1 is 1.08 bits per heavy atom. The minimum atomic E-state index is -5.00. The van der Waals surface area contributed by atoms with Gasteiger partial charge in [0.05, 0.1) is 23.3 Å². The molecule has 0 spiro atoms. The molecule has 5 rings (SSSR count). The highest BCUT2D eigenvalue weighted by molar-refractivity contribution is 6.30. The molecule has 36 heavy (non-hydrogen) atoms. The number of rotatable bonds is 7. The summed E-state index contributed by atoms with van der Waals surface area (Å²) in [6.45, 7) is 2.35. The van der Waals surface area contributed by atoms with Gasteiger partial charge in [-0.25, -0.2) is 4.79 Å². The standard InChI is InChI=1S/C24H20ClF3N6O2/c1-15-29-30-22-7-6-19-21(34(15)22)13-20(33(19)14-16-4-2-5-17(25)12-16)18-8-10-32(31-18)9-3-11-36-23(35)24(26,27)28/h2,4-8,10,12-13H,3,9,11,14H2,1H3. The predicted octanol–water partition coefficient (Wildman–Crippen LogP) is 5.05. The van der Waals surface area contributed by atoms with Crippen LogP contribution in [0.5, 0.6) is 0 Å². The number of benzene rings is 1. The Morgan fingerprint density at radius 2 is 1.92 bits per heavy atom. The molecule has 5 aromatic rings. The van der Waals surface area contributed by atoms with E-state index in [9.17, 15) is 18.0 Å². The summed E-state index contributed by atoms with van der Waals surface area (Å²) in [6, 6.07) is 15.3. The summed E-state index contributed by atoms with van der Waals surface area (Å²) < 4.78 is 46.8. The third-order valence-corrected chi connectivity index (χ3v) is 5.96. The van der Waals surface area contributed by atoms with E-state index in [4.69, 9.17) is 11.6 Å². The van der Waals surface area contributed by atoms with Gasteiger partial charge in [0.25, 0.3) is 0 Å². The first kappa shape index (κ1) is 23.9. The molecular weight excluding hydrogens is 497 g/mol. The number of carbonyl (C=O) groups excluding carboxylic acids is 1. The van der Waals surface area contributed by atoms with Crippen molar-refractivity contribution in [2.75, 3.05) is 6.61 Å². The maximum Gasteiger partial charge on any atom is 0.490 e. The molecule has 0 aliphatic heterocycles. The van der Waals surface area contributed by atoms with Gasteiger partial charge in [-0.15, -0.1) is 10.2 Å². The van der Waals surface area contributed by atoms with Gasteiger partial charge in [-0.2, -0.15) is 18.3 Å². The third-order valence-electron chi connectivity index (χ3n) is 5.73. The van der Waals surface area contributed by atoms with Crippen molar-refractivity contribution in [1.82, 2.24) is 28.9 Å². The molecule has 0 amide bonds. The van der Waals surface area contributed by atoms with E-state index in [0.717, 1.165) is 33.8 Å². The fraction of sp³-hybridized carbons (Fsp3) is 0.250. The fourth-order valence-corrected chi connectivity index (χ4v) is 4.35. The number of hydrogen-bond donors (Lipinski definition) is 0. The molecule has 0 N–H and O–H groups in total. The van der Waals surface area contributed by atoms with Crippen LogP contribution < -0.4 is 0 Å². The number of esters is 1. The number of nitrogens with zero attached hydrogens (tertiary/aromatic N) is 6. The van der Waals surface area contributed by atoms with Crippen molar-refractivity contribution in [1.29, 1.82) is 0 Å². The van der Waals surface area contributed by atoms with E-state index in [-0.39, 0.29) is 19.6 Å². The molecule has 0 radical (unpaired) electrons. The Kier molecular flexibility index (Phi) is 6.17. The average Bonchev–Trinajstić information content (AvgIpc) is 3.53. The van der Waals surface area contributed by atoms with Gasteiger partial charge in [0, 0.05) is 30.7 Å². The Labute approximate surface area is 207 Å². The van der Waals surface area contributed by atoms with E-state index in [0.29, 0.717) is 17.3 Å². The van der Waals surface area contributed by atoms with Crippen LogP contribution in [0.15, 0.2) is 54.7 Å². The van der Waals surface area contributed by atoms with Crippen LogP contribution in [0.1, 0.15) is 17.8 Å². The average molecular weight is 517 g/mol. The highest BCUT2D eigenvalue weighted by Crippen LogP contribution is 2.30. The number of fused-ring (bicyclic) bond motifs is 3. The second-order valence-electron chi connectivity index (χ2n) is 8.24. The lowest BCUT2D eigenvalue weighted by molar-refractivity contribution is -0.199. The molecule has 12 heteroatoms. The molecule has 0 saturated carbocycles. The van der Waals surface area contributed by atoms with Crippen LogP contribution in [0.25, 0.3) is 28.1 Å². The summed E-state index contributed by atoms with van der Waals surface area (Å²) in [5.41, 5.74) is 5.12. The minimum Gasteiger partial charge on any atom is -0.459 e. The van der Waals surface area contributed by atoms with E-state index in [1.165, 1.54) is 0 Å². The Hall–Kier alpha value is -3.86. The smallest absolute Gasteiger partial charge is 0.459 e. The molecule has 4 aromatic heterocycles. The van der Waals surface area contributed by atoms with E-state index in [1.807, 2.05) is 59.9 Å². The zero-order chi connectivity index (χ0) is 25.4. The van der Waals surface area contributed by atoms with E-state index in [1.54, 1.807) is 10.9 Å². The van der Waals surface area contributed by atoms with Gasteiger partial charge in [-0.3, -0.25) is 9.08 Å². The summed E-state index contributed by atoms with van der Waals surface area (Å²) in [6.07, 6.45) is -3.07. The minimum absolute atomic E-state index is 0.189. The molecule has 0 aliphatic carbocycles. The van der Waals surface area contributed by atoms with Crippen LogP contribution in [0.3, 0.4) is 0 Å². The van der Waals surface area contributed by atoms with Gasteiger partial charge in [0.2, 0.25) is 0 Å². The molecule has 0 unspecified atom stereocenters. The number of aryl methyl sites for hydroxylation is 2. The molecule has 0 aliphatic rings. The second kappa shape index (κ2) is 9.30. The summed E-state index contributed by atoms with van der Waals surface area (Å²) in [5.74, 6) is -1.44. The predicted molar refractivity (Wildman–Crippen MR) is 127 cm³/mol. The summed E-state index contributed by atoms with van der Waals surface area (Å²) in [5, 5.41) is 13.7. The first-order valence-electron chi connectivity index (χ1n) is 11.1. The first-order chi connectivity index (χ1) is 17.2. The van der Waals surface area contributed by atoms with Crippen molar-refractivity contribution in [3.8, 4) is 11.4 Å². The van der Waals surface area contributed by atoms with Crippen molar-refractivity contribution >= 4 is 34.3 Å². The van der Waals surface area contributed by atoms with Gasteiger partial charge in [0.1, 0.15) is 11.5 Å². The van der Waals surface area contributed by atoms with E-state index < -0.39 is 12.1 Å². The topological polar surface area (TPSA) is 79.2 Å². The van der Waals surface area contributed by atoms with Crippen LogP contribution >= 0.6 is 11.6 Å². The summed E-state index contributed by atoms with van der Waals surface area (Å²) in [4.78, 5) is 10.9. The fourth-order valence-electron chi connectivity index (χ4n) is 4.14. The first-order valence-corrected chi connectivity index (χ1v) is 11.4. The molecule has 0 fully saturated rings. The number of halogens is 4. The Morgan fingerprint density at radius 3 is 2.69 bits per heavy atom.